The number of nitrogens with one attached hydrogen (secondary N) is 2. The number of carbonyl (C=O) groups is 3. The van der Waals surface area contributed by atoms with Crippen LogP contribution in [0.3, 0.4) is 0 Å². The Balaban J connectivity index is 1.32. The molecular formula is C31H48N4O4S2. The van der Waals surface area contributed by atoms with E-state index in [9.17, 15) is 14.4 Å². The van der Waals surface area contributed by atoms with E-state index >= 15 is 0 Å². The zero-order chi connectivity index (χ0) is 29.2. The minimum absolute atomic E-state index is 0.0939. The third kappa shape index (κ3) is 10.4. The van der Waals surface area contributed by atoms with Gasteiger partial charge < -0.3 is 15.4 Å². The SMILES string of the molecule is CC(C)(C)OC(=O)N1CCSC1C(=O)N[C@@H](CSCC1CCCCC1)C(=O)NC1CCN(Cc2ccccc2)CC1. The third-order valence-corrected chi connectivity index (χ3v) is 10.4. The highest BCUT2D eigenvalue weighted by molar-refractivity contribution is 8.00. The smallest absolute Gasteiger partial charge is 0.411 e. The van der Waals surface area contributed by atoms with Crippen LogP contribution in [0.1, 0.15) is 71.3 Å². The standard InChI is InChI=1S/C31H48N4O4S2/c1-31(2,3)39-30(38)35-18-19-41-29(35)28(37)33-26(22-40-21-24-12-8-5-9-13-24)27(36)32-25-14-16-34(17-15-25)20-23-10-6-4-7-11-23/h4,6-7,10-11,24-26,29H,5,8-9,12-22H2,1-3H3,(H,32,36)(H,33,37)/t26-,29?/m0/s1. The van der Waals surface area contributed by atoms with Crippen LogP contribution in [-0.4, -0.2) is 87.7 Å². The van der Waals surface area contributed by atoms with E-state index in [1.165, 1.54) is 54.3 Å². The minimum atomic E-state index is -0.690. The van der Waals surface area contributed by atoms with Gasteiger partial charge in [0, 0.05) is 43.7 Å². The van der Waals surface area contributed by atoms with Crippen LogP contribution in [0.25, 0.3) is 0 Å². The molecule has 2 heterocycles. The Labute approximate surface area is 254 Å². The Kier molecular flexibility index (Phi) is 12.1. The number of benzene rings is 1. The molecule has 228 valence electrons. The van der Waals surface area contributed by atoms with Crippen molar-refractivity contribution < 1.29 is 19.1 Å². The summed E-state index contributed by atoms with van der Waals surface area (Å²) in [4.78, 5) is 43.7. The number of thioether (sulfide) groups is 2. The van der Waals surface area contributed by atoms with Crippen LogP contribution in [0.4, 0.5) is 4.79 Å². The maximum atomic E-state index is 13.6. The van der Waals surface area contributed by atoms with Crippen LogP contribution in [0.2, 0.25) is 0 Å². The lowest BCUT2D eigenvalue weighted by Crippen LogP contribution is -2.56. The average Bonchev–Trinajstić information content (AvgIpc) is 3.44. The van der Waals surface area contributed by atoms with Gasteiger partial charge in [-0.05, 0) is 63.7 Å². The second kappa shape index (κ2) is 15.5. The van der Waals surface area contributed by atoms with Gasteiger partial charge in [-0.1, -0.05) is 49.6 Å². The van der Waals surface area contributed by atoms with Gasteiger partial charge in [0.2, 0.25) is 5.91 Å². The van der Waals surface area contributed by atoms with E-state index in [1.807, 2.05) is 26.8 Å². The number of ether oxygens (including phenoxy) is 1. The molecule has 10 heteroatoms. The van der Waals surface area contributed by atoms with Crippen molar-refractivity contribution in [1.82, 2.24) is 20.4 Å². The first-order chi connectivity index (χ1) is 19.7. The van der Waals surface area contributed by atoms with E-state index in [0.717, 1.165) is 38.2 Å². The molecule has 0 spiro atoms. The summed E-state index contributed by atoms with van der Waals surface area (Å²) in [5, 5.41) is 5.58. The fourth-order valence-corrected chi connectivity index (χ4v) is 8.10. The molecule has 1 saturated carbocycles. The molecule has 2 N–H and O–H groups in total. The summed E-state index contributed by atoms with van der Waals surface area (Å²) in [5.41, 5.74) is 0.665. The fourth-order valence-electron chi connectivity index (χ4n) is 5.71. The van der Waals surface area contributed by atoms with Gasteiger partial charge in [0.15, 0.2) is 5.37 Å². The highest BCUT2D eigenvalue weighted by Crippen LogP contribution is 2.28. The highest BCUT2D eigenvalue weighted by atomic mass is 32.2. The topological polar surface area (TPSA) is 91.0 Å². The lowest BCUT2D eigenvalue weighted by Gasteiger charge is -2.33. The quantitative estimate of drug-likeness (QED) is 0.394. The number of piperidine rings is 1. The van der Waals surface area contributed by atoms with Gasteiger partial charge in [0.05, 0.1) is 0 Å². The van der Waals surface area contributed by atoms with Crippen molar-refractivity contribution in [2.45, 2.75) is 95.3 Å². The van der Waals surface area contributed by atoms with E-state index in [1.54, 1.807) is 11.8 Å². The Morgan fingerprint density at radius 1 is 1.02 bits per heavy atom. The van der Waals surface area contributed by atoms with Gasteiger partial charge in [-0.3, -0.25) is 19.4 Å². The number of hydrogen-bond donors (Lipinski definition) is 2. The number of likely N-dealkylation sites (tertiary alicyclic amines) is 1. The third-order valence-electron chi connectivity index (χ3n) is 7.92. The van der Waals surface area contributed by atoms with Crippen LogP contribution >= 0.6 is 23.5 Å². The highest BCUT2D eigenvalue weighted by Gasteiger charge is 2.39. The minimum Gasteiger partial charge on any atom is -0.444 e. The molecule has 2 saturated heterocycles. The van der Waals surface area contributed by atoms with Crippen molar-refractivity contribution >= 4 is 41.4 Å². The Morgan fingerprint density at radius 3 is 2.41 bits per heavy atom. The molecule has 2 atom stereocenters. The van der Waals surface area contributed by atoms with Crippen LogP contribution in [0.5, 0.6) is 0 Å². The first kappa shape index (κ1) is 32.0. The Hall–Kier alpha value is -1.91. The van der Waals surface area contributed by atoms with Gasteiger partial charge in [-0.25, -0.2) is 4.79 Å². The van der Waals surface area contributed by atoms with Gasteiger partial charge in [-0.15, -0.1) is 11.8 Å². The number of amides is 3. The molecule has 8 nitrogen and oxygen atoms in total. The van der Waals surface area contributed by atoms with Crippen LogP contribution < -0.4 is 10.6 Å². The summed E-state index contributed by atoms with van der Waals surface area (Å²) >= 11 is 3.18. The molecule has 1 unspecified atom stereocenters. The molecule has 3 fully saturated rings. The Bertz CT molecular complexity index is 992. The lowest BCUT2D eigenvalue weighted by atomic mass is 9.91. The molecule has 3 amide bonds. The largest absolute Gasteiger partial charge is 0.444 e. The maximum Gasteiger partial charge on any atom is 0.411 e. The summed E-state index contributed by atoms with van der Waals surface area (Å²) in [6.07, 6.45) is 7.68. The van der Waals surface area contributed by atoms with Crippen molar-refractivity contribution in [3.05, 3.63) is 35.9 Å². The van der Waals surface area contributed by atoms with E-state index in [4.69, 9.17) is 4.74 Å². The normalized spacial score (nSPS) is 21.8. The Morgan fingerprint density at radius 2 is 1.73 bits per heavy atom. The fraction of sp³-hybridized carbons (Fsp3) is 0.710. The zero-order valence-corrected chi connectivity index (χ0v) is 26.6. The summed E-state index contributed by atoms with van der Waals surface area (Å²) in [6, 6.07) is 9.93. The summed E-state index contributed by atoms with van der Waals surface area (Å²) in [7, 11) is 0. The number of hydrogen-bond acceptors (Lipinski definition) is 7. The molecule has 4 rings (SSSR count). The number of nitrogens with zero attached hydrogens (tertiary/aromatic N) is 2. The lowest BCUT2D eigenvalue weighted by molar-refractivity contribution is -0.130. The summed E-state index contributed by atoms with van der Waals surface area (Å²) in [6.45, 7) is 8.68. The monoisotopic (exact) mass is 604 g/mol. The molecule has 1 aliphatic carbocycles. The number of carbonyl (C=O) groups excluding carboxylic acids is 3. The van der Waals surface area contributed by atoms with E-state index in [-0.39, 0.29) is 17.9 Å². The van der Waals surface area contributed by atoms with Crippen molar-refractivity contribution in [3.8, 4) is 0 Å². The summed E-state index contributed by atoms with van der Waals surface area (Å²) < 4.78 is 5.54. The van der Waals surface area contributed by atoms with E-state index in [0.29, 0.717) is 24.0 Å². The molecule has 0 radical (unpaired) electrons. The first-order valence-corrected chi connectivity index (χ1v) is 17.4. The van der Waals surface area contributed by atoms with Crippen LogP contribution in [-0.2, 0) is 20.9 Å². The molecule has 1 aromatic carbocycles. The van der Waals surface area contributed by atoms with Crippen molar-refractivity contribution in [1.29, 1.82) is 0 Å². The van der Waals surface area contributed by atoms with Crippen LogP contribution in [0.15, 0.2) is 30.3 Å². The van der Waals surface area contributed by atoms with E-state index in [2.05, 4.69) is 39.8 Å². The molecular weight excluding hydrogens is 556 g/mol. The van der Waals surface area contributed by atoms with Crippen molar-refractivity contribution in [3.63, 3.8) is 0 Å². The van der Waals surface area contributed by atoms with Crippen molar-refractivity contribution in [2.75, 3.05) is 36.9 Å². The predicted molar refractivity (Wildman–Crippen MR) is 168 cm³/mol. The second-order valence-corrected chi connectivity index (χ2v) is 14.8. The maximum absolute atomic E-state index is 13.6. The molecule has 0 aromatic heterocycles. The molecule has 0 bridgehead atoms. The van der Waals surface area contributed by atoms with Gasteiger partial charge in [0.1, 0.15) is 11.6 Å². The second-order valence-electron chi connectivity index (χ2n) is 12.5. The summed E-state index contributed by atoms with van der Waals surface area (Å²) in [5.74, 6) is 2.48. The molecule has 1 aromatic rings. The van der Waals surface area contributed by atoms with E-state index < -0.39 is 23.1 Å². The zero-order valence-electron chi connectivity index (χ0n) is 24.9. The van der Waals surface area contributed by atoms with Gasteiger partial charge in [-0.2, -0.15) is 11.8 Å². The number of rotatable bonds is 10. The van der Waals surface area contributed by atoms with Crippen molar-refractivity contribution in [2.24, 2.45) is 5.92 Å². The first-order valence-electron chi connectivity index (χ1n) is 15.2. The molecule has 2 aliphatic heterocycles. The molecule has 41 heavy (non-hydrogen) atoms. The van der Waals surface area contributed by atoms with Crippen LogP contribution in [0, 0.1) is 5.92 Å². The molecule has 3 aliphatic rings. The van der Waals surface area contributed by atoms with Gasteiger partial charge in [0.25, 0.3) is 5.91 Å². The average molecular weight is 605 g/mol. The predicted octanol–water partition coefficient (Wildman–Crippen LogP) is 4.88. The van der Waals surface area contributed by atoms with Gasteiger partial charge >= 0.3 is 6.09 Å².